The van der Waals surface area contributed by atoms with Crippen LogP contribution in [0, 0.1) is 6.92 Å². The van der Waals surface area contributed by atoms with Gasteiger partial charge in [0.05, 0.1) is 11.2 Å². The van der Waals surface area contributed by atoms with Gasteiger partial charge in [0.25, 0.3) is 0 Å². The Bertz CT molecular complexity index is 1340. The second-order valence-electron chi connectivity index (χ2n) is 6.78. The van der Waals surface area contributed by atoms with Crippen molar-refractivity contribution in [1.29, 1.82) is 0 Å². The molecule has 0 radical (unpaired) electrons. The maximum absolute atomic E-state index is 11.6. The number of aryl methyl sites for hydroxylation is 1. The maximum Gasteiger partial charge on any atom is 0.417 e. The Labute approximate surface area is 164 Å². The molecule has 0 atom stereocenters. The van der Waals surface area contributed by atoms with Gasteiger partial charge >= 0.3 is 5.76 Å². The number of thiazole rings is 1. The third kappa shape index (κ3) is 2.99. The smallest absolute Gasteiger partial charge is 0.407 e. The van der Waals surface area contributed by atoms with Crippen LogP contribution < -0.4 is 11.1 Å². The van der Waals surface area contributed by atoms with Crippen molar-refractivity contribution in [1.82, 2.24) is 15.0 Å². The molecule has 0 fully saturated rings. The van der Waals surface area contributed by atoms with Gasteiger partial charge in [0.1, 0.15) is 0 Å². The number of hydrogen-bond donors (Lipinski definition) is 3. The van der Waals surface area contributed by atoms with E-state index in [4.69, 9.17) is 4.42 Å². The van der Waals surface area contributed by atoms with Crippen LogP contribution in [-0.4, -0.2) is 21.5 Å². The first kappa shape index (κ1) is 16.8. The molecular formula is C21H18N4O2S. The van der Waals surface area contributed by atoms with E-state index in [9.17, 15) is 4.79 Å². The Kier molecular flexibility index (Phi) is 4.02. The third-order valence-corrected chi connectivity index (χ3v) is 5.59. The van der Waals surface area contributed by atoms with Crippen LogP contribution in [0.1, 0.15) is 11.1 Å². The topological polar surface area (TPSA) is 86.7 Å². The Balaban J connectivity index is 1.35. The van der Waals surface area contributed by atoms with Crippen LogP contribution in [0.25, 0.3) is 33.3 Å². The molecule has 3 N–H and O–H groups in total. The molecule has 0 amide bonds. The summed E-state index contributed by atoms with van der Waals surface area (Å²) in [5.74, 6) is -0.450. The SMILES string of the molecule is Cc1cc(-c2csc(NCCc3c[nH]c4ccccc34)n2)c2oc(=O)[nH]c2c1. The number of hydrogen-bond acceptors (Lipinski definition) is 5. The van der Waals surface area contributed by atoms with Crippen molar-refractivity contribution >= 4 is 38.5 Å². The van der Waals surface area contributed by atoms with E-state index in [1.165, 1.54) is 10.9 Å². The van der Waals surface area contributed by atoms with Crippen LogP contribution in [0.5, 0.6) is 0 Å². The highest BCUT2D eigenvalue weighted by molar-refractivity contribution is 7.14. The van der Waals surface area contributed by atoms with E-state index in [0.29, 0.717) is 11.1 Å². The lowest BCUT2D eigenvalue weighted by atomic mass is 10.1. The fraction of sp³-hybridized carbons (Fsp3) is 0.143. The van der Waals surface area contributed by atoms with Gasteiger partial charge in [0.15, 0.2) is 10.7 Å². The Hall–Kier alpha value is -3.32. The summed E-state index contributed by atoms with van der Waals surface area (Å²) < 4.78 is 5.32. The standard InChI is InChI=1S/C21H18N4O2S/c1-12-8-15(19-17(9-12)25-21(26)27-19)18-11-28-20(24-18)22-7-6-13-10-23-16-5-3-2-4-14(13)16/h2-5,8-11,23H,6-7H2,1H3,(H,22,24)(H,25,26). The Morgan fingerprint density at radius 2 is 2.11 bits per heavy atom. The second-order valence-corrected chi connectivity index (χ2v) is 7.64. The molecule has 28 heavy (non-hydrogen) atoms. The number of anilines is 1. The number of aromatic nitrogens is 3. The molecule has 6 nitrogen and oxygen atoms in total. The van der Waals surface area contributed by atoms with Gasteiger partial charge < -0.3 is 14.7 Å². The van der Waals surface area contributed by atoms with E-state index in [2.05, 4.69) is 44.7 Å². The highest BCUT2D eigenvalue weighted by atomic mass is 32.1. The fourth-order valence-electron chi connectivity index (χ4n) is 3.52. The van der Waals surface area contributed by atoms with E-state index in [1.54, 1.807) is 11.3 Å². The first-order chi connectivity index (χ1) is 13.7. The van der Waals surface area contributed by atoms with Gasteiger partial charge in [-0.25, -0.2) is 9.78 Å². The molecule has 3 aromatic heterocycles. The molecule has 0 aliphatic heterocycles. The van der Waals surface area contributed by atoms with Crippen LogP contribution in [-0.2, 0) is 6.42 Å². The summed E-state index contributed by atoms with van der Waals surface area (Å²) in [6.07, 6.45) is 2.97. The molecule has 140 valence electrons. The highest BCUT2D eigenvalue weighted by Gasteiger charge is 2.13. The summed E-state index contributed by atoms with van der Waals surface area (Å²) in [4.78, 5) is 22.3. The van der Waals surface area contributed by atoms with Crippen molar-refractivity contribution in [3.63, 3.8) is 0 Å². The van der Waals surface area contributed by atoms with Crippen molar-refractivity contribution in [3.05, 3.63) is 69.7 Å². The number of nitrogens with one attached hydrogen (secondary N) is 3. The number of rotatable bonds is 5. The van der Waals surface area contributed by atoms with E-state index >= 15 is 0 Å². The van der Waals surface area contributed by atoms with Gasteiger partial charge in [-0.3, -0.25) is 4.98 Å². The second kappa shape index (κ2) is 6.69. The van der Waals surface area contributed by atoms with Gasteiger partial charge in [-0.05, 0) is 42.7 Å². The largest absolute Gasteiger partial charge is 0.417 e. The average molecular weight is 390 g/mol. The summed E-state index contributed by atoms with van der Waals surface area (Å²) in [6, 6.07) is 12.2. The van der Waals surface area contributed by atoms with Gasteiger partial charge in [0, 0.05) is 34.6 Å². The molecule has 0 unspecified atom stereocenters. The molecular weight excluding hydrogens is 372 g/mol. The van der Waals surface area contributed by atoms with E-state index in [1.807, 2.05) is 30.5 Å². The number of H-pyrrole nitrogens is 2. The van der Waals surface area contributed by atoms with Crippen LogP contribution in [0.15, 0.2) is 57.2 Å². The molecule has 0 bridgehead atoms. The summed E-state index contributed by atoms with van der Waals surface area (Å²) in [7, 11) is 0. The molecule has 7 heteroatoms. The molecule has 5 rings (SSSR count). The zero-order chi connectivity index (χ0) is 19.1. The van der Waals surface area contributed by atoms with Gasteiger partial charge in [0.2, 0.25) is 0 Å². The lowest BCUT2D eigenvalue weighted by Crippen LogP contribution is -2.04. The van der Waals surface area contributed by atoms with Gasteiger partial charge in [-0.15, -0.1) is 11.3 Å². The Morgan fingerprint density at radius 1 is 1.21 bits per heavy atom. The van der Waals surface area contributed by atoms with Crippen molar-refractivity contribution in [2.24, 2.45) is 0 Å². The monoisotopic (exact) mass is 390 g/mol. The lowest BCUT2D eigenvalue weighted by molar-refractivity contribution is 0.556. The normalized spacial score (nSPS) is 11.5. The summed E-state index contributed by atoms with van der Waals surface area (Å²) in [5.41, 5.74) is 6.36. The number of nitrogens with zero attached hydrogens (tertiary/aromatic N) is 1. The van der Waals surface area contributed by atoms with Crippen molar-refractivity contribution < 1.29 is 4.42 Å². The molecule has 0 saturated heterocycles. The minimum Gasteiger partial charge on any atom is -0.407 e. The summed E-state index contributed by atoms with van der Waals surface area (Å²) in [5, 5.41) is 7.49. The summed E-state index contributed by atoms with van der Waals surface area (Å²) in [6.45, 7) is 2.78. The minimum absolute atomic E-state index is 0.450. The number of oxazole rings is 1. The van der Waals surface area contributed by atoms with Gasteiger partial charge in [-0.2, -0.15) is 0 Å². The van der Waals surface area contributed by atoms with E-state index in [-0.39, 0.29) is 0 Å². The first-order valence-corrected chi connectivity index (χ1v) is 9.93. The van der Waals surface area contributed by atoms with Crippen LogP contribution in [0.2, 0.25) is 0 Å². The molecule has 0 aliphatic rings. The Morgan fingerprint density at radius 3 is 3.04 bits per heavy atom. The van der Waals surface area contributed by atoms with E-state index in [0.717, 1.165) is 40.4 Å². The quantitative estimate of drug-likeness (QED) is 0.406. The number of para-hydroxylation sites is 1. The van der Waals surface area contributed by atoms with Crippen molar-refractivity contribution in [2.75, 3.05) is 11.9 Å². The molecule has 0 spiro atoms. The van der Waals surface area contributed by atoms with Crippen LogP contribution in [0.3, 0.4) is 0 Å². The predicted octanol–water partition coefficient (Wildman–Crippen LogP) is 4.69. The molecule has 0 saturated carbocycles. The molecule has 3 heterocycles. The third-order valence-electron chi connectivity index (χ3n) is 4.79. The van der Waals surface area contributed by atoms with Crippen LogP contribution in [0.4, 0.5) is 5.13 Å². The minimum atomic E-state index is -0.450. The maximum atomic E-state index is 11.6. The number of aromatic amines is 2. The first-order valence-electron chi connectivity index (χ1n) is 9.05. The number of fused-ring (bicyclic) bond motifs is 2. The van der Waals surface area contributed by atoms with E-state index < -0.39 is 5.76 Å². The molecule has 2 aromatic carbocycles. The zero-order valence-electron chi connectivity index (χ0n) is 15.2. The zero-order valence-corrected chi connectivity index (χ0v) is 16.0. The predicted molar refractivity (Wildman–Crippen MR) is 113 cm³/mol. The van der Waals surface area contributed by atoms with Crippen LogP contribution >= 0.6 is 11.3 Å². The fourth-order valence-corrected chi connectivity index (χ4v) is 4.25. The lowest BCUT2D eigenvalue weighted by Gasteiger charge is -2.03. The van der Waals surface area contributed by atoms with Crippen molar-refractivity contribution in [3.8, 4) is 11.3 Å². The highest BCUT2D eigenvalue weighted by Crippen LogP contribution is 2.31. The number of benzene rings is 2. The van der Waals surface area contributed by atoms with Crippen molar-refractivity contribution in [2.45, 2.75) is 13.3 Å². The average Bonchev–Trinajstić information content (AvgIpc) is 3.39. The van der Waals surface area contributed by atoms with Gasteiger partial charge in [-0.1, -0.05) is 18.2 Å². The molecule has 0 aliphatic carbocycles. The summed E-state index contributed by atoms with van der Waals surface area (Å²) >= 11 is 1.55. The molecule has 5 aromatic rings.